The fourth-order valence-electron chi connectivity index (χ4n) is 2.47. The summed E-state index contributed by atoms with van der Waals surface area (Å²) in [4.78, 5) is 13.9. The summed E-state index contributed by atoms with van der Waals surface area (Å²) in [5.41, 5.74) is -0.440. The number of rotatable bonds is 4. The number of likely N-dealkylation sites (tertiary alicyclic amines) is 1. The van der Waals surface area contributed by atoms with Gasteiger partial charge in [-0.05, 0) is 24.6 Å². The minimum Gasteiger partial charge on any atom is -0.386 e. The molecule has 0 radical (unpaired) electrons. The van der Waals surface area contributed by atoms with E-state index in [1.807, 2.05) is 6.92 Å². The molecule has 0 bridgehead atoms. The van der Waals surface area contributed by atoms with Gasteiger partial charge in [-0.15, -0.1) is 0 Å². The zero-order chi connectivity index (χ0) is 15.0. The average Bonchev–Trinajstić information content (AvgIpc) is 2.34. The van der Waals surface area contributed by atoms with E-state index in [4.69, 9.17) is 0 Å². The van der Waals surface area contributed by atoms with Gasteiger partial charge in [0.2, 0.25) is 0 Å². The summed E-state index contributed by atoms with van der Waals surface area (Å²) >= 11 is 0. The van der Waals surface area contributed by atoms with Crippen LogP contribution in [0.2, 0.25) is 0 Å². The second kappa shape index (κ2) is 5.18. The highest BCUT2D eigenvalue weighted by Crippen LogP contribution is 2.27. The van der Waals surface area contributed by atoms with Crippen molar-refractivity contribution in [3.8, 4) is 0 Å². The maximum absolute atomic E-state index is 12.2. The van der Waals surface area contributed by atoms with Crippen molar-refractivity contribution < 1.29 is 18.3 Å². The lowest BCUT2D eigenvalue weighted by atomic mass is 9.89. The molecule has 5 nitrogen and oxygen atoms in total. The molecular formula is C14H19NO4S. The van der Waals surface area contributed by atoms with Gasteiger partial charge >= 0.3 is 0 Å². The molecule has 0 unspecified atom stereocenters. The van der Waals surface area contributed by atoms with Gasteiger partial charge in [0, 0.05) is 11.8 Å². The quantitative estimate of drug-likeness (QED) is 0.902. The molecule has 1 fully saturated rings. The summed E-state index contributed by atoms with van der Waals surface area (Å²) < 4.78 is 23.0. The van der Waals surface area contributed by atoms with Gasteiger partial charge < -0.3 is 10.0 Å². The molecule has 1 aliphatic rings. The van der Waals surface area contributed by atoms with Crippen LogP contribution < -0.4 is 0 Å². The van der Waals surface area contributed by atoms with E-state index in [9.17, 15) is 18.3 Å². The van der Waals surface area contributed by atoms with Crippen LogP contribution >= 0.6 is 0 Å². The molecule has 1 aliphatic heterocycles. The van der Waals surface area contributed by atoms with Crippen LogP contribution in [-0.2, 0) is 9.84 Å². The third-order valence-electron chi connectivity index (χ3n) is 3.48. The summed E-state index contributed by atoms with van der Waals surface area (Å²) in [5, 5.41) is 10.1. The van der Waals surface area contributed by atoms with Gasteiger partial charge in [-0.25, -0.2) is 8.42 Å². The first-order valence-electron chi connectivity index (χ1n) is 6.57. The van der Waals surface area contributed by atoms with Crippen LogP contribution in [0.5, 0.6) is 0 Å². The molecule has 2 rings (SSSR count). The van der Waals surface area contributed by atoms with E-state index < -0.39 is 15.4 Å². The summed E-state index contributed by atoms with van der Waals surface area (Å²) in [7, 11) is -3.32. The zero-order valence-corrected chi connectivity index (χ0v) is 12.5. The fourth-order valence-corrected chi connectivity index (χ4v) is 3.14. The van der Waals surface area contributed by atoms with Crippen LogP contribution in [0.4, 0.5) is 0 Å². The highest BCUT2D eigenvalue weighted by molar-refractivity contribution is 7.90. The number of amides is 1. The molecule has 1 amide bonds. The molecule has 6 heteroatoms. The average molecular weight is 297 g/mol. The van der Waals surface area contributed by atoms with E-state index in [1.165, 1.54) is 17.0 Å². The van der Waals surface area contributed by atoms with Gasteiger partial charge in [-0.3, -0.25) is 4.79 Å². The van der Waals surface area contributed by atoms with Gasteiger partial charge in [0.25, 0.3) is 5.91 Å². The number of β-amino-alcohol motifs (C(OH)–C–C–N with tert-alkyl or cyclic N) is 1. The molecule has 0 spiro atoms. The van der Waals surface area contributed by atoms with E-state index in [2.05, 4.69) is 0 Å². The van der Waals surface area contributed by atoms with Crippen molar-refractivity contribution in [3.63, 3.8) is 0 Å². The van der Waals surface area contributed by atoms with E-state index >= 15 is 0 Å². The molecule has 110 valence electrons. The van der Waals surface area contributed by atoms with E-state index in [0.29, 0.717) is 25.1 Å². The lowest BCUT2D eigenvalue weighted by Gasteiger charge is -2.46. The highest BCUT2D eigenvalue weighted by Gasteiger charge is 2.42. The van der Waals surface area contributed by atoms with Gasteiger partial charge in [0.15, 0.2) is 9.84 Å². The molecule has 1 saturated heterocycles. The second-order valence-electron chi connectivity index (χ2n) is 5.44. The Kier molecular flexibility index (Phi) is 3.88. The van der Waals surface area contributed by atoms with Crippen LogP contribution in [0, 0.1) is 0 Å². The third-order valence-corrected chi connectivity index (χ3v) is 4.59. The van der Waals surface area contributed by atoms with Crippen LogP contribution in [-0.4, -0.2) is 49.3 Å². The number of carbonyl (C=O) groups excluding carboxylic acids is 1. The molecule has 20 heavy (non-hydrogen) atoms. The summed E-state index contributed by atoms with van der Waals surface area (Å²) in [5.74, 6) is -0.240. The molecule has 1 heterocycles. The molecule has 1 aromatic rings. The summed E-state index contributed by atoms with van der Waals surface area (Å²) in [6.45, 7) is 2.60. The van der Waals surface area contributed by atoms with Crippen molar-refractivity contribution in [1.29, 1.82) is 0 Å². The number of hydrogen-bond acceptors (Lipinski definition) is 4. The van der Waals surface area contributed by atoms with E-state index in [1.54, 1.807) is 12.1 Å². The number of aliphatic hydroxyl groups is 1. The van der Waals surface area contributed by atoms with Crippen LogP contribution in [0.15, 0.2) is 29.2 Å². The predicted molar refractivity (Wildman–Crippen MR) is 75.3 cm³/mol. The topological polar surface area (TPSA) is 74.7 Å². The second-order valence-corrected chi connectivity index (χ2v) is 7.45. The molecule has 1 aromatic carbocycles. The Hall–Kier alpha value is -1.40. The Bertz CT molecular complexity index is 618. The number of carbonyl (C=O) groups is 1. The Balaban J connectivity index is 2.12. The van der Waals surface area contributed by atoms with Gasteiger partial charge in [-0.2, -0.15) is 0 Å². The van der Waals surface area contributed by atoms with Crippen molar-refractivity contribution in [2.24, 2.45) is 0 Å². The maximum Gasteiger partial charge on any atom is 0.254 e. The lowest BCUT2D eigenvalue weighted by Crippen LogP contribution is -2.63. The Morgan fingerprint density at radius 3 is 2.60 bits per heavy atom. The van der Waals surface area contributed by atoms with Crippen molar-refractivity contribution in [2.45, 2.75) is 30.3 Å². The monoisotopic (exact) mass is 297 g/mol. The molecule has 0 aliphatic carbocycles. The molecule has 1 N–H and O–H groups in total. The van der Waals surface area contributed by atoms with E-state index in [-0.39, 0.29) is 10.8 Å². The van der Waals surface area contributed by atoms with E-state index in [0.717, 1.165) is 12.7 Å². The summed E-state index contributed by atoms with van der Waals surface area (Å²) in [6, 6.07) is 6.00. The Labute approximate surface area is 119 Å². The normalized spacial score (nSPS) is 17.6. The van der Waals surface area contributed by atoms with Crippen molar-refractivity contribution in [1.82, 2.24) is 4.90 Å². The van der Waals surface area contributed by atoms with Crippen LogP contribution in [0.3, 0.4) is 0 Å². The third kappa shape index (κ3) is 3.02. The first-order valence-corrected chi connectivity index (χ1v) is 8.46. The standard InChI is InChI=1S/C14H19NO4S/c1-3-7-14(17)9-15(10-14)13(16)11-5-4-6-12(8-11)20(2,18)19/h4-6,8,17H,3,7,9-10H2,1-2H3. The smallest absolute Gasteiger partial charge is 0.254 e. The first kappa shape index (κ1) is 15.0. The van der Waals surface area contributed by atoms with Crippen molar-refractivity contribution in [2.75, 3.05) is 19.3 Å². The Morgan fingerprint density at radius 1 is 1.40 bits per heavy atom. The SMILES string of the molecule is CCCC1(O)CN(C(=O)c2cccc(S(C)(=O)=O)c2)C1. The number of sulfone groups is 1. The zero-order valence-electron chi connectivity index (χ0n) is 11.7. The summed E-state index contributed by atoms with van der Waals surface area (Å²) in [6.07, 6.45) is 2.64. The minimum atomic E-state index is -3.32. The largest absolute Gasteiger partial charge is 0.386 e. The van der Waals surface area contributed by atoms with Crippen molar-refractivity contribution >= 4 is 15.7 Å². The Morgan fingerprint density at radius 2 is 2.05 bits per heavy atom. The number of hydrogen-bond donors (Lipinski definition) is 1. The highest BCUT2D eigenvalue weighted by atomic mass is 32.2. The fraction of sp³-hybridized carbons (Fsp3) is 0.500. The number of benzene rings is 1. The van der Waals surface area contributed by atoms with Crippen molar-refractivity contribution in [3.05, 3.63) is 29.8 Å². The molecule has 0 aromatic heterocycles. The number of nitrogens with zero attached hydrogens (tertiary/aromatic N) is 1. The molecular weight excluding hydrogens is 278 g/mol. The lowest BCUT2D eigenvalue weighted by molar-refractivity contribution is -0.0860. The predicted octanol–water partition coefficient (Wildman–Crippen LogP) is 1.08. The molecule has 0 atom stereocenters. The van der Waals surface area contributed by atoms with Gasteiger partial charge in [0.1, 0.15) is 0 Å². The van der Waals surface area contributed by atoms with Gasteiger partial charge in [-0.1, -0.05) is 19.4 Å². The maximum atomic E-state index is 12.2. The first-order chi connectivity index (χ1) is 9.25. The van der Waals surface area contributed by atoms with Crippen LogP contribution in [0.25, 0.3) is 0 Å². The van der Waals surface area contributed by atoms with Gasteiger partial charge in [0.05, 0.1) is 23.6 Å². The minimum absolute atomic E-state index is 0.132. The molecule has 0 saturated carbocycles. The van der Waals surface area contributed by atoms with Crippen LogP contribution in [0.1, 0.15) is 30.1 Å².